The van der Waals surface area contributed by atoms with Crippen LogP contribution in [0, 0.1) is 0 Å². The molecule has 4 aliphatic heterocycles. The van der Waals surface area contributed by atoms with Crippen LogP contribution < -0.4 is 20.9 Å². The van der Waals surface area contributed by atoms with E-state index < -0.39 is 18.3 Å². The number of H-pyrrole nitrogens is 3. The minimum atomic E-state index is -0.586. The quantitative estimate of drug-likeness (QED) is 0.0386. The van der Waals surface area contributed by atoms with Crippen molar-refractivity contribution >= 4 is 86.7 Å². The fraction of sp³-hybridized carbons (Fsp3) is 0.338. The largest absolute Gasteiger partial charge is 0.450 e. The lowest BCUT2D eigenvalue weighted by molar-refractivity contribution is -0.142. The molecule has 5 amide bonds. The number of hydrogen-bond acceptors (Lipinski definition) is 26. The number of aromatic amines is 3. The zero-order valence-corrected chi connectivity index (χ0v) is 63.9. The average Bonchev–Trinajstić information content (AvgIpc) is 1.62. The van der Waals surface area contributed by atoms with Gasteiger partial charge in [0.1, 0.15) is 29.3 Å². The first-order valence-corrected chi connectivity index (χ1v) is 37.9. The van der Waals surface area contributed by atoms with Gasteiger partial charge in [0, 0.05) is 194 Å². The number of anilines is 4. The number of nitrogens with zero attached hydrogens (tertiary/aromatic N) is 18. The van der Waals surface area contributed by atoms with Crippen LogP contribution >= 0.6 is 0 Å². The summed E-state index contributed by atoms with van der Waals surface area (Å²) in [7, 11) is 3.68. The third-order valence-electron chi connectivity index (χ3n) is 19.6. The van der Waals surface area contributed by atoms with Gasteiger partial charge < -0.3 is 58.2 Å². The second kappa shape index (κ2) is 37.0. The van der Waals surface area contributed by atoms with E-state index in [1.54, 1.807) is 76.2 Å². The summed E-state index contributed by atoms with van der Waals surface area (Å²) in [5.41, 5.74) is 14.9. The van der Waals surface area contributed by atoms with Crippen LogP contribution in [0.1, 0.15) is 45.0 Å². The number of rotatable bonds is 20. The van der Waals surface area contributed by atoms with Gasteiger partial charge in [0.2, 0.25) is 23.8 Å². The first-order chi connectivity index (χ1) is 55.7. The van der Waals surface area contributed by atoms with Gasteiger partial charge in [0.15, 0.2) is 17.5 Å². The Balaban J connectivity index is 0.000000142. The van der Waals surface area contributed by atoms with E-state index >= 15 is 0 Å². The Morgan fingerprint density at radius 1 is 0.474 bits per heavy atom. The molecule has 16 rings (SSSR count). The number of likely N-dealkylation sites (N-methyl/N-ethyl adjacent to an activating group) is 1. The molecule has 114 heavy (non-hydrogen) atoms. The van der Waals surface area contributed by atoms with Gasteiger partial charge in [0.05, 0.1) is 59.6 Å². The first-order valence-electron chi connectivity index (χ1n) is 37.9. The minimum Gasteiger partial charge on any atom is -0.450 e. The summed E-state index contributed by atoms with van der Waals surface area (Å²) >= 11 is 0. The van der Waals surface area contributed by atoms with Crippen molar-refractivity contribution in [3.63, 3.8) is 0 Å². The Morgan fingerprint density at radius 2 is 0.895 bits per heavy atom. The predicted molar refractivity (Wildman–Crippen MR) is 427 cm³/mol. The summed E-state index contributed by atoms with van der Waals surface area (Å²) < 4.78 is 25.5. The standard InChI is InChI=1S/C29H32N8O4.C27H30N8O4.C24H26N8O2/c1-2-40-29(39)35-28-33-23-16-20(15-22(25(23)34-28)26-30-8-4-9-31-26)19-6-7-21(32-17-19)18-36-10-12-37(13-11-36)27(38)24-5-3-14-41-24;1-3-39-27(37)33-26-31-22-14-19(13-21(24(22)32-26)25-28-7-4-8-29-25)18-5-6-20(30-15-18)16-34-9-11-35(12-10-34)23(36)17-38-2;1-3-34-24(33)30-23-28-20-13-16(12-19(21(20)29-23)22-26-5-4-6-27-22)17-11-18(15-25-14-17)32-9-7-31(2)8-10-32/h4,6-9,15-17,24H,2-3,5,10-14,18H2,1H3,(H2,33,34,35,39);4-8,13-15H,3,9-12,16-17H2,1-2H3,(H2,31,32,33,37);4-6,11-15H,3,7-10H2,1-2H3,(H2,28,29,30,33). The molecule has 1 atom stereocenters. The molecule has 1 unspecified atom stereocenters. The number of methoxy groups -OCH3 is 1. The minimum absolute atomic E-state index is 0.0259. The van der Waals surface area contributed by atoms with Crippen molar-refractivity contribution in [1.82, 2.24) is 99.3 Å². The van der Waals surface area contributed by atoms with Crippen molar-refractivity contribution in [2.45, 2.75) is 52.8 Å². The molecule has 12 aromatic rings. The molecule has 6 N–H and O–H groups in total. The maximum atomic E-state index is 12.6. The van der Waals surface area contributed by atoms with Crippen molar-refractivity contribution < 1.29 is 47.7 Å². The van der Waals surface area contributed by atoms with Crippen molar-refractivity contribution in [3.8, 4) is 67.5 Å². The van der Waals surface area contributed by atoms with Gasteiger partial charge in [-0.05, 0) is 130 Å². The molecule has 588 valence electrons. The maximum Gasteiger partial charge on any atom is 0.413 e. The number of benzene rings is 3. The monoisotopic (exact) mass is 1540 g/mol. The highest BCUT2D eigenvalue weighted by molar-refractivity contribution is 6.00. The van der Waals surface area contributed by atoms with E-state index in [9.17, 15) is 24.0 Å². The molecule has 0 saturated carbocycles. The molecular weight excluding hydrogens is 1460 g/mol. The molecule has 4 fully saturated rings. The van der Waals surface area contributed by atoms with Crippen LogP contribution in [0.25, 0.3) is 101 Å². The molecule has 0 radical (unpaired) electrons. The van der Waals surface area contributed by atoms with E-state index in [0.717, 1.165) is 143 Å². The van der Waals surface area contributed by atoms with Gasteiger partial charge in [-0.1, -0.05) is 12.1 Å². The number of fused-ring (bicyclic) bond motifs is 3. The molecule has 0 bridgehead atoms. The van der Waals surface area contributed by atoms with Crippen LogP contribution in [-0.2, 0) is 46.4 Å². The van der Waals surface area contributed by atoms with Gasteiger partial charge in [-0.25, -0.2) is 59.2 Å². The highest BCUT2D eigenvalue weighted by Crippen LogP contribution is 2.37. The predicted octanol–water partition coefficient (Wildman–Crippen LogP) is 9.82. The zero-order valence-electron chi connectivity index (χ0n) is 63.9. The first kappa shape index (κ1) is 77.8. The molecule has 13 heterocycles. The van der Waals surface area contributed by atoms with Crippen LogP contribution in [0.4, 0.5) is 37.9 Å². The Kier molecular flexibility index (Phi) is 25.2. The van der Waals surface area contributed by atoms with E-state index in [-0.39, 0.29) is 56.2 Å². The fourth-order valence-electron chi connectivity index (χ4n) is 13.8. The Hall–Kier alpha value is -12.9. The van der Waals surface area contributed by atoms with Gasteiger partial charge in [0.25, 0.3) is 5.91 Å². The van der Waals surface area contributed by atoms with Crippen molar-refractivity contribution in [1.29, 1.82) is 0 Å². The van der Waals surface area contributed by atoms with E-state index in [4.69, 9.17) is 33.7 Å². The molecule has 4 aliphatic rings. The summed E-state index contributed by atoms with van der Waals surface area (Å²) in [6.45, 7) is 18.2. The number of imidazole rings is 3. The van der Waals surface area contributed by atoms with Gasteiger partial charge in [-0.2, -0.15) is 0 Å². The molecule has 34 nitrogen and oxygen atoms in total. The number of piperazine rings is 3. The number of carbonyl (C=O) groups is 5. The summed E-state index contributed by atoms with van der Waals surface area (Å²) in [5.74, 6) is 2.59. The molecule has 9 aromatic heterocycles. The van der Waals surface area contributed by atoms with Crippen molar-refractivity contribution in [2.24, 2.45) is 0 Å². The topological polar surface area (TPSA) is 389 Å². The van der Waals surface area contributed by atoms with Crippen LogP contribution in [0.2, 0.25) is 0 Å². The Morgan fingerprint density at radius 3 is 1.28 bits per heavy atom. The van der Waals surface area contributed by atoms with Crippen LogP contribution in [-0.4, -0.2) is 261 Å². The molecule has 4 saturated heterocycles. The van der Waals surface area contributed by atoms with Gasteiger partial charge in [-0.3, -0.25) is 50.3 Å². The molecule has 0 aliphatic carbocycles. The second-order valence-corrected chi connectivity index (χ2v) is 27.3. The summed E-state index contributed by atoms with van der Waals surface area (Å²) in [6.07, 6.45) is 17.4. The van der Waals surface area contributed by atoms with Crippen molar-refractivity contribution in [3.05, 3.63) is 158 Å². The SMILES string of the molecule is CCOC(=O)Nc1nc2c(-c3ncccn3)cc(-c3ccc(CN4CCN(C(=O)C5CCCO5)CC4)nc3)cc2[nH]1.CCOC(=O)Nc1nc2c(-c3ncccn3)cc(-c3ccc(CN4CCN(C(=O)COC)CC4)nc3)cc2[nH]1.CCOC(=O)Nc1nc2c(-c3ncccn3)cc(-c3cncc(N4CCN(C)CC4)c3)cc2[nH]1. The Bertz CT molecular complexity index is 5280. The third kappa shape index (κ3) is 19.3. The number of amides is 5. The summed E-state index contributed by atoms with van der Waals surface area (Å²) in [6, 6.07) is 27.4. The van der Waals surface area contributed by atoms with E-state index in [2.05, 4.69) is 113 Å². The summed E-state index contributed by atoms with van der Waals surface area (Å²) in [4.78, 5) is 137. The number of nitrogens with one attached hydrogen (secondary N) is 6. The zero-order chi connectivity index (χ0) is 78.9. The van der Waals surface area contributed by atoms with Crippen LogP contribution in [0.3, 0.4) is 0 Å². The van der Waals surface area contributed by atoms with Gasteiger partial charge >= 0.3 is 18.3 Å². The second-order valence-electron chi connectivity index (χ2n) is 27.3. The summed E-state index contributed by atoms with van der Waals surface area (Å²) in [5, 5.41) is 7.88. The Labute approximate surface area is 655 Å². The van der Waals surface area contributed by atoms with Crippen LogP contribution in [0.5, 0.6) is 0 Å². The van der Waals surface area contributed by atoms with Crippen LogP contribution in [0.15, 0.2) is 147 Å². The maximum absolute atomic E-state index is 12.6. The highest BCUT2D eigenvalue weighted by Gasteiger charge is 2.31. The van der Waals surface area contributed by atoms with E-state index in [1.165, 1.54) is 7.11 Å². The lowest BCUT2D eigenvalue weighted by Gasteiger charge is -2.35. The van der Waals surface area contributed by atoms with E-state index in [1.807, 2.05) is 95.3 Å². The fourth-order valence-corrected chi connectivity index (χ4v) is 13.8. The smallest absolute Gasteiger partial charge is 0.413 e. The number of aromatic nitrogens is 15. The van der Waals surface area contributed by atoms with Crippen molar-refractivity contribution in [2.75, 3.05) is 147 Å². The average molecular weight is 1550 g/mol. The van der Waals surface area contributed by atoms with E-state index in [0.29, 0.717) is 91.4 Å². The number of carbonyl (C=O) groups excluding carboxylic acids is 5. The lowest BCUT2D eigenvalue weighted by Crippen LogP contribution is -2.51. The number of ether oxygens (including phenoxy) is 5. The lowest BCUT2D eigenvalue weighted by atomic mass is 10.0. The molecular formula is C80H88N24O10. The number of hydrogen-bond donors (Lipinski definition) is 6. The molecule has 3 aromatic carbocycles. The van der Waals surface area contributed by atoms with Gasteiger partial charge in [-0.15, -0.1) is 0 Å². The molecule has 0 spiro atoms. The number of pyridine rings is 3. The third-order valence-corrected chi connectivity index (χ3v) is 19.6. The highest BCUT2D eigenvalue weighted by atomic mass is 16.6. The molecule has 34 heteroatoms. The normalized spacial score (nSPS) is 15.4.